The van der Waals surface area contributed by atoms with Crippen LogP contribution in [0, 0.1) is 58.2 Å². The summed E-state index contributed by atoms with van der Waals surface area (Å²) in [4.78, 5) is 10.6. The standard InChI is InChI=1S/C26H7Br2F10N3/c27-11-5-3-9(40-11)13(15-17(29)21(33)25(37)22(34)18(15)30)7-1-2-8(39-7)14(10-4-6-12(28)41-10)16-19(31)23(35)26(38)24(36)20(16)32/h1-6,40H/b13-7+,14-10+. The molecule has 0 radical (unpaired) electrons. The maximum Gasteiger partial charge on any atom is 0.200 e. The number of hydrogen-bond acceptors (Lipinski definition) is 2. The van der Waals surface area contributed by atoms with Gasteiger partial charge in [-0.3, -0.25) is 0 Å². The van der Waals surface area contributed by atoms with Gasteiger partial charge in [0.1, 0.15) is 4.62 Å². The van der Waals surface area contributed by atoms with E-state index >= 15 is 0 Å². The molecule has 0 fully saturated rings. The molecule has 0 spiro atoms. The number of H-pyrrole nitrogens is 1. The smallest absolute Gasteiger partial charge is 0.200 e. The monoisotopic (exact) mass is 709 g/mol. The van der Waals surface area contributed by atoms with Gasteiger partial charge < -0.3 is 4.98 Å². The summed E-state index contributed by atoms with van der Waals surface area (Å²) in [5.41, 5.74) is -5.76. The Morgan fingerprint density at radius 2 is 0.951 bits per heavy atom. The van der Waals surface area contributed by atoms with Gasteiger partial charge in [0.2, 0.25) is 11.6 Å². The van der Waals surface area contributed by atoms with Crippen molar-refractivity contribution in [2.24, 2.45) is 9.98 Å². The number of aliphatic imine (C=N–C) groups is 2. The molecule has 0 unspecified atom stereocenters. The van der Waals surface area contributed by atoms with Crippen molar-refractivity contribution in [3.05, 3.63) is 127 Å². The third kappa shape index (κ3) is 4.70. The number of nitrogens with one attached hydrogen (secondary N) is 1. The van der Waals surface area contributed by atoms with E-state index in [1.165, 1.54) is 18.2 Å². The Balaban J connectivity index is 1.85. The van der Waals surface area contributed by atoms with Crippen molar-refractivity contribution in [2.45, 2.75) is 0 Å². The largest absolute Gasteiger partial charge is 0.349 e. The average molecular weight is 711 g/mol. The van der Waals surface area contributed by atoms with Crippen LogP contribution in [0.25, 0.3) is 11.1 Å². The van der Waals surface area contributed by atoms with Gasteiger partial charge in [0.25, 0.3) is 0 Å². The van der Waals surface area contributed by atoms with Gasteiger partial charge in [-0.25, -0.2) is 53.9 Å². The van der Waals surface area contributed by atoms with Crippen molar-refractivity contribution >= 4 is 53.3 Å². The third-order valence-corrected chi connectivity index (χ3v) is 6.76. The third-order valence-electron chi connectivity index (χ3n) is 5.85. The highest BCUT2D eigenvalue weighted by molar-refractivity contribution is 9.18. The van der Waals surface area contributed by atoms with Gasteiger partial charge in [0.15, 0.2) is 46.5 Å². The molecule has 2 aliphatic rings. The Hall–Kier alpha value is -3.72. The average Bonchev–Trinajstić information content (AvgIpc) is 3.70. The molecule has 210 valence electrons. The zero-order chi connectivity index (χ0) is 29.9. The second kappa shape index (κ2) is 10.6. The summed E-state index contributed by atoms with van der Waals surface area (Å²) in [7, 11) is 0. The Kier molecular flexibility index (Phi) is 7.44. The van der Waals surface area contributed by atoms with Gasteiger partial charge in [-0.05, 0) is 68.3 Å². The van der Waals surface area contributed by atoms with Crippen LogP contribution in [0.4, 0.5) is 43.9 Å². The van der Waals surface area contributed by atoms with Crippen LogP contribution in [0.3, 0.4) is 0 Å². The van der Waals surface area contributed by atoms with E-state index in [4.69, 9.17) is 0 Å². The lowest BCUT2D eigenvalue weighted by molar-refractivity contribution is 0.376. The van der Waals surface area contributed by atoms with Crippen molar-refractivity contribution < 1.29 is 43.9 Å². The number of hydrogen-bond donors (Lipinski definition) is 1. The molecule has 1 aromatic heterocycles. The number of benzene rings is 2. The summed E-state index contributed by atoms with van der Waals surface area (Å²) < 4.78 is 144. The molecule has 3 aromatic rings. The van der Waals surface area contributed by atoms with E-state index in [1.54, 1.807) is 0 Å². The number of nitrogens with zero attached hydrogens (tertiary/aromatic N) is 2. The summed E-state index contributed by atoms with van der Waals surface area (Å²) in [5.74, 6) is -22.7. The van der Waals surface area contributed by atoms with Crippen LogP contribution in [0.15, 0.2) is 62.4 Å². The first-order valence-electron chi connectivity index (χ1n) is 10.9. The van der Waals surface area contributed by atoms with Crippen LogP contribution in [0.1, 0.15) is 16.8 Å². The fourth-order valence-corrected chi connectivity index (χ4v) is 4.74. The zero-order valence-corrected chi connectivity index (χ0v) is 22.6. The Morgan fingerprint density at radius 1 is 0.512 bits per heavy atom. The van der Waals surface area contributed by atoms with Gasteiger partial charge in [-0.15, -0.1) is 0 Å². The molecule has 5 rings (SSSR count). The predicted molar refractivity (Wildman–Crippen MR) is 136 cm³/mol. The fourth-order valence-electron chi connectivity index (χ4n) is 4.07. The topological polar surface area (TPSA) is 40.5 Å². The van der Waals surface area contributed by atoms with Crippen molar-refractivity contribution in [3.63, 3.8) is 0 Å². The number of halogens is 12. The van der Waals surface area contributed by atoms with E-state index in [2.05, 4.69) is 46.8 Å². The summed E-state index contributed by atoms with van der Waals surface area (Å²) in [5, 5.41) is 0. The molecule has 0 amide bonds. The van der Waals surface area contributed by atoms with Crippen molar-refractivity contribution in [2.75, 3.05) is 0 Å². The molecule has 3 nitrogen and oxygen atoms in total. The molecule has 0 saturated carbocycles. The van der Waals surface area contributed by atoms with Crippen molar-refractivity contribution in [1.82, 2.24) is 4.98 Å². The van der Waals surface area contributed by atoms with E-state index in [-0.39, 0.29) is 20.6 Å². The molecule has 2 aliphatic heterocycles. The molecule has 15 heteroatoms. The SMILES string of the molecule is Fc1c(F)c(F)c(/C(C2=N/C(=C(\c3ccc(Br)[nH]3)c3c(F)c(F)c(F)c(F)c3F)C=C2)=C2\C=CC(Br)=N2)c(F)c1F. The molecule has 1 N–H and O–H groups in total. The van der Waals surface area contributed by atoms with E-state index in [1.807, 2.05) is 0 Å². The van der Waals surface area contributed by atoms with Crippen LogP contribution in [0.2, 0.25) is 0 Å². The fraction of sp³-hybridized carbons (Fsp3) is 0. The molecule has 3 heterocycles. The minimum Gasteiger partial charge on any atom is -0.349 e. The summed E-state index contributed by atoms with van der Waals surface area (Å²) >= 11 is 6.08. The highest BCUT2D eigenvalue weighted by Gasteiger charge is 2.34. The van der Waals surface area contributed by atoms with Crippen molar-refractivity contribution in [3.8, 4) is 0 Å². The summed E-state index contributed by atoms with van der Waals surface area (Å²) in [6, 6.07) is 2.54. The number of allylic oxidation sites excluding steroid dienone is 5. The van der Waals surface area contributed by atoms with E-state index in [0.29, 0.717) is 0 Å². The maximum absolute atomic E-state index is 14.9. The van der Waals surface area contributed by atoms with Crippen molar-refractivity contribution in [1.29, 1.82) is 0 Å². The highest BCUT2D eigenvalue weighted by atomic mass is 79.9. The quantitative estimate of drug-likeness (QED) is 0.160. The van der Waals surface area contributed by atoms with Gasteiger partial charge >= 0.3 is 0 Å². The van der Waals surface area contributed by atoms with E-state index < -0.39 is 91.9 Å². The van der Waals surface area contributed by atoms with Gasteiger partial charge in [-0.1, -0.05) is 0 Å². The maximum atomic E-state index is 14.9. The first-order valence-corrected chi connectivity index (χ1v) is 12.5. The van der Waals surface area contributed by atoms with Gasteiger partial charge in [0.05, 0.1) is 32.8 Å². The highest BCUT2D eigenvalue weighted by Crippen LogP contribution is 2.39. The van der Waals surface area contributed by atoms with E-state index in [9.17, 15) is 43.9 Å². The Morgan fingerprint density at radius 3 is 1.39 bits per heavy atom. The van der Waals surface area contributed by atoms with Gasteiger partial charge in [-0.2, -0.15) is 0 Å². The van der Waals surface area contributed by atoms with Crippen LogP contribution in [-0.4, -0.2) is 15.3 Å². The lowest BCUT2D eigenvalue weighted by atomic mass is 9.97. The molecule has 0 saturated heterocycles. The second-order valence-electron chi connectivity index (χ2n) is 8.23. The molecular formula is C26H7Br2F10N3. The first kappa shape index (κ1) is 28.8. The molecule has 0 aliphatic carbocycles. The zero-order valence-electron chi connectivity index (χ0n) is 19.4. The normalized spacial score (nSPS) is 17.0. The minimum atomic E-state index is -2.42. The molecule has 2 aromatic carbocycles. The van der Waals surface area contributed by atoms with E-state index in [0.717, 1.165) is 18.2 Å². The minimum absolute atomic E-state index is 0.102. The Labute approximate surface area is 239 Å². The summed E-state index contributed by atoms with van der Waals surface area (Å²) in [6.45, 7) is 0. The second-order valence-corrected chi connectivity index (χ2v) is 9.90. The first-order chi connectivity index (χ1) is 19.3. The predicted octanol–water partition coefficient (Wildman–Crippen LogP) is 8.71. The van der Waals surface area contributed by atoms with Crippen LogP contribution < -0.4 is 0 Å². The van der Waals surface area contributed by atoms with Crippen LogP contribution in [0.5, 0.6) is 0 Å². The number of aromatic nitrogens is 1. The lowest BCUT2D eigenvalue weighted by Gasteiger charge is -2.14. The summed E-state index contributed by atoms with van der Waals surface area (Å²) in [6.07, 6.45) is 4.41. The molecule has 0 bridgehead atoms. The van der Waals surface area contributed by atoms with Crippen LogP contribution in [-0.2, 0) is 0 Å². The number of rotatable bonds is 4. The Bertz CT molecular complexity index is 1810. The number of aromatic amines is 1. The van der Waals surface area contributed by atoms with Gasteiger partial charge in [0, 0.05) is 16.8 Å². The molecule has 41 heavy (non-hydrogen) atoms. The molecule has 0 atom stereocenters. The van der Waals surface area contributed by atoms with Crippen LogP contribution >= 0.6 is 31.9 Å². The molecular weight excluding hydrogens is 704 g/mol. The lowest BCUT2D eigenvalue weighted by Crippen LogP contribution is -2.11.